The summed E-state index contributed by atoms with van der Waals surface area (Å²) >= 11 is 3.46. The molecular formula is C16H19BrO2. The predicted octanol–water partition coefficient (Wildman–Crippen LogP) is 4.43. The van der Waals surface area contributed by atoms with Gasteiger partial charge in [-0.15, -0.1) is 0 Å². The molecule has 0 N–H and O–H groups in total. The molecule has 0 amide bonds. The fourth-order valence-electron chi connectivity index (χ4n) is 3.45. The Bertz CT molecular complexity index is 503. The molecule has 0 aromatic heterocycles. The Balaban J connectivity index is 1.78. The lowest BCUT2D eigenvalue weighted by atomic mass is 9.57. The van der Waals surface area contributed by atoms with Crippen molar-refractivity contribution in [2.75, 3.05) is 0 Å². The summed E-state index contributed by atoms with van der Waals surface area (Å²) in [6.07, 6.45) is 6.34. The number of carbonyl (C=O) groups is 1. The summed E-state index contributed by atoms with van der Waals surface area (Å²) in [6.45, 7) is 2.05. The van der Waals surface area contributed by atoms with Gasteiger partial charge in [0.1, 0.15) is 17.6 Å². The van der Waals surface area contributed by atoms with E-state index in [1.807, 2.05) is 19.1 Å². The van der Waals surface area contributed by atoms with Crippen LogP contribution in [0.4, 0.5) is 0 Å². The Labute approximate surface area is 122 Å². The summed E-state index contributed by atoms with van der Waals surface area (Å²) in [5.74, 6) is 1.35. The summed E-state index contributed by atoms with van der Waals surface area (Å²) in [4.78, 5) is 12.1. The molecule has 0 bridgehead atoms. The Hall–Kier alpha value is -0.830. The van der Waals surface area contributed by atoms with Gasteiger partial charge in [0.05, 0.1) is 5.41 Å². The molecule has 3 rings (SSSR count). The molecule has 2 nitrogen and oxygen atoms in total. The highest BCUT2D eigenvalue weighted by atomic mass is 79.9. The molecule has 0 aliphatic heterocycles. The highest BCUT2D eigenvalue weighted by Gasteiger charge is 2.56. The fraction of sp³-hybridized carbons (Fsp3) is 0.562. The van der Waals surface area contributed by atoms with Gasteiger partial charge in [0, 0.05) is 10.9 Å². The van der Waals surface area contributed by atoms with Crippen molar-refractivity contribution < 1.29 is 9.53 Å². The van der Waals surface area contributed by atoms with Gasteiger partial charge in [0.25, 0.3) is 0 Å². The first kappa shape index (κ1) is 13.2. The van der Waals surface area contributed by atoms with E-state index in [0.717, 1.165) is 28.6 Å². The van der Waals surface area contributed by atoms with Crippen LogP contribution in [0.15, 0.2) is 22.7 Å². The van der Waals surface area contributed by atoms with Crippen LogP contribution < -0.4 is 4.74 Å². The van der Waals surface area contributed by atoms with Crippen LogP contribution in [0, 0.1) is 12.3 Å². The van der Waals surface area contributed by atoms with Crippen molar-refractivity contribution in [3.05, 3.63) is 28.2 Å². The maximum Gasteiger partial charge on any atom is 0.146 e. The Kier molecular flexibility index (Phi) is 3.42. The minimum atomic E-state index is -0.155. The van der Waals surface area contributed by atoms with Gasteiger partial charge in [-0.05, 0) is 43.5 Å². The summed E-state index contributed by atoms with van der Waals surface area (Å²) in [6, 6.07) is 6.05. The van der Waals surface area contributed by atoms with Crippen molar-refractivity contribution in [2.45, 2.75) is 51.6 Å². The van der Waals surface area contributed by atoms with E-state index < -0.39 is 0 Å². The number of hydrogen-bond donors (Lipinski definition) is 0. The first-order valence-electron chi connectivity index (χ1n) is 7.08. The van der Waals surface area contributed by atoms with Crippen molar-refractivity contribution in [1.82, 2.24) is 0 Å². The van der Waals surface area contributed by atoms with Crippen LogP contribution in [0.1, 0.15) is 44.1 Å². The second-order valence-corrected chi connectivity index (χ2v) is 6.78. The third-order valence-electron chi connectivity index (χ3n) is 4.69. The van der Waals surface area contributed by atoms with Crippen LogP contribution >= 0.6 is 15.9 Å². The van der Waals surface area contributed by atoms with E-state index in [2.05, 4.69) is 22.0 Å². The van der Waals surface area contributed by atoms with Gasteiger partial charge < -0.3 is 4.74 Å². The zero-order valence-electron chi connectivity index (χ0n) is 11.2. The zero-order chi connectivity index (χ0) is 13.5. The van der Waals surface area contributed by atoms with Gasteiger partial charge in [-0.3, -0.25) is 4.79 Å². The lowest BCUT2D eigenvalue weighted by Crippen LogP contribution is -2.57. The van der Waals surface area contributed by atoms with Gasteiger partial charge in [-0.2, -0.15) is 0 Å². The third-order valence-corrected chi connectivity index (χ3v) is 5.19. The minimum Gasteiger partial charge on any atom is -0.489 e. The van der Waals surface area contributed by atoms with Crippen molar-refractivity contribution in [3.8, 4) is 5.75 Å². The first-order chi connectivity index (χ1) is 9.12. The maximum atomic E-state index is 12.1. The Morgan fingerprint density at radius 1 is 1.26 bits per heavy atom. The number of aryl methyl sites for hydroxylation is 1. The number of hydrogen-bond acceptors (Lipinski definition) is 2. The molecule has 2 fully saturated rings. The maximum absolute atomic E-state index is 12.1. The van der Waals surface area contributed by atoms with Crippen molar-refractivity contribution in [2.24, 2.45) is 5.41 Å². The normalized spacial score (nSPS) is 25.2. The van der Waals surface area contributed by atoms with E-state index in [1.54, 1.807) is 0 Å². The smallest absolute Gasteiger partial charge is 0.146 e. The second kappa shape index (κ2) is 4.93. The van der Waals surface area contributed by atoms with Crippen molar-refractivity contribution >= 4 is 21.7 Å². The summed E-state index contributed by atoms with van der Waals surface area (Å²) < 4.78 is 7.22. The monoisotopic (exact) mass is 322 g/mol. The quantitative estimate of drug-likeness (QED) is 0.805. The molecule has 2 saturated carbocycles. The van der Waals surface area contributed by atoms with E-state index in [-0.39, 0.29) is 11.5 Å². The number of halogens is 1. The highest BCUT2D eigenvalue weighted by Crippen LogP contribution is 2.50. The molecule has 1 spiro atoms. The molecule has 0 saturated heterocycles. The molecular weight excluding hydrogens is 304 g/mol. The van der Waals surface area contributed by atoms with E-state index in [4.69, 9.17) is 4.74 Å². The van der Waals surface area contributed by atoms with Gasteiger partial charge in [-0.1, -0.05) is 35.2 Å². The molecule has 102 valence electrons. The molecule has 0 heterocycles. The number of ether oxygens (including phenoxy) is 1. The summed E-state index contributed by atoms with van der Waals surface area (Å²) in [5, 5.41) is 0. The number of carbonyl (C=O) groups excluding carboxylic acids is 1. The molecule has 2 aliphatic rings. The summed E-state index contributed by atoms with van der Waals surface area (Å²) in [5.41, 5.74) is 0.970. The topological polar surface area (TPSA) is 26.3 Å². The molecule has 2 aliphatic carbocycles. The molecule has 1 aromatic carbocycles. The first-order valence-corrected chi connectivity index (χ1v) is 7.87. The van der Waals surface area contributed by atoms with Crippen molar-refractivity contribution in [3.63, 3.8) is 0 Å². The average molecular weight is 323 g/mol. The SMILES string of the molecule is Cc1cc(Br)ccc1OC1CC(=O)C12CCCCC2. The number of Topliss-reactive ketones (excluding diaryl/α,β-unsaturated/α-hetero) is 1. The second-order valence-electron chi connectivity index (χ2n) is 5.86. The van der Waals surface area contributed by atoms with Crippen LogP contribution in [0.5, 0.6) is 5.75 Å². The Morgan fingerprint density at radius 3 is 2.63 bits per heavy atom. The molecule has 19 heavy (non-hydrogen) atoms. The van der Waals surface area contributed by atoms with E-state index in [9.17, 15) is 4.79 Å². The van der Waals surface area contributed by atoms with Crippen LogP contribution in [0.2, 0.25) is 0 Å². The predicted molar refractivity (Wildman–Crippen MR) is 78.4 cm³/mol. The van der Waals surface area contributed by atoms with Crippen LogP contribution in [-0.4, -0.2) is 11.9 Å². The average Bonchev–Trinajstić information content (AvgIpc) is 2.42. The van der Waals surface area contributed by atoms with Crippen LogP contribution in [0.3, 0.4) is 0 Å². The van der Waals surface area contributed by atoms with Crippen LogP contribution in [-0.2, 0) is 4.79 Å². The highest BCUT2D eigenvalue weighted by molar-refractivity contribution is 9.10. The van der Waals surface area contributed by atoms with Gasteiger partial charge in [-0.25, -0.2) is 0 Å². The number of benzene rings is 1. The van der Waals surface area contributed by atoms with E-state index >= 15 is 0 Å². The van der Waals surface area contributed by atoms with Crippen LogP contribution in [0.25, 0.3) is 0 Å². The molecule has 1 unspecified atom stereocenters. The fourth-order valence-corrected chi connectivity index (χ4v) is 3.93. The van der Waals surface area contributed by atoms with E-state index in [0.29, 0.717) is 12.2 Å². The lowest BCUT2D eigenvalue weighted by molar-refractivity contribution is -0.156. The molecule has 3 heteroatoms. The van der Waals surface area contributed by atoms with Gasteiger partial charge in [0.2, 0.25) is 0 Å². The number of ketones is 1. The molecule has 1 atom stereocenters. The van der Waals surface area contributed by atoms with Crippen molar-refractivity contribution in [1.29, 1.82) is 0 Å². The third kappa shape index (κ3) is 2.22. The lowest BCUT2D eigenvalue weighted by Gasteiger charge is -2.49. The number of rotatable bonds is 2. The van der Waals surface area contributed by atoms with Gasteiger partial charge >= 0.3 is 0 Å². The molecule has 0 radical (unpaired) electrons. The Morgan fingerprint density at radius 2 is 2.00 bits per heavy atom. The van der Waals surface area contributed by atoms with Gasteiger partial charge in [0.15, 0.2) is 0 Å². The summed E-state index contributed by atoms with van der Waals surface area (Å²) in [7, 11) is 0. The zero-order valence-corrected chi connectivity index (χ0v) is 12.8. The minimum absolute atomic E-state index is 0.0974. The van der Waals surface area contributed by atoms with E-state index in [1.165, 1.54) is 19.3 Å². The largest absolute Gasteiger partial charge is 0.489 e. The standard InChI is InChI=1S/C16H19BrO2/c1-11-9-12(17)5-6-13(11)19-15-10-14(18)16(15)7-3-2-4-8-16/h5-6,9,15H,2-4,7-8,10H2,1H3. The molecule has 1 aromatic rings.